The molecule has 0 aromatic carbocycles. The first-order valence-electron chi connectivity index (χ1n) is 13.8. The summed E-state index contributed by atoms with van der Waals surface area (Å²) < 4.78 is 114. The molecule has 0 fully saturated rings. The van der Waals surface area contributed by atoms with E-state index in [-0.39, 0.29) is 12.5 Å². The average molecular weight is 315 g/mol. The third-order valence-electron chi connectivity index (χ3n) is 2.58. The monoisotopic (exact) mass is 314 g/mol. The molecule has 0 bridgehead atoms. The Labute approximate surface area is 148 Å². The van der Waals surface area contributed by atoms with Crippen molar-refractivity contribution in [2.24, 2.45) is 5.92 Å². The Balaban J connectivity index is 6.31. The van der Waals surface area contributed by atoms with Gasteiger partial charge in [-0.15, -0.1) is 0 Å². The lowest BCUT2D eigenvalue weighted by atomic mass is 10.0. The van der Waals surface area contributed by atoms with E-state index in [0.29, 0.717) is 12.8 Å². The molecule has 0 heterocycles. The molecule has 0 radical (unpaired) electrons. The van der Waals surface area contributed by atoms with Gasteiger partial charge in [0, 0.05) is 31.9 Å². The molecule has 1 unspecified atom stereocenters. The molecule has 21 heavy (non-hydrogen) atoms. The van der Waals surface area contributed by atoms with Gasteiger partial charge in [0.1, 0.15) is 0 Å². The molecule has 0 spiro atoms. The summed E-state index contributed by atoms with van der Waals surface area (Å²) in [6.07, 6.45) is -26.9. The quantitative estimate of drug-likeness (QED) is 0.477. The highest BCUT2D eigenvalue weighted by Gasteiger charge is 2.09. The molecule has 0 aliphatic carbocycles. The Morgan fingerprint density at radius 2 is 1.71 bits per heavy atom. The molecule has 0 aliphatic heterocycles. The molecule has 1 atom stereocenters. The van der Waals surface area contributed by atoms with E-state index in [1.165, 1.54) is 0 Å². The Morgan fingerprint density at radius 1 is 1.10 bits per heavy atom. The fourth-order valence-electron chi connectivity index (χ4n) is 1.39. The van der Waals surface area contributed by atoms with Crippen LogP contribution in [0.25, 0.3) is 0 Å². The van der Waals surface area contributed by atoms with Crippen LogP contribution in [0.5, 0.6) is 0 Å². The topological polar surface area (TPSA) is 63.6 Å². The third-order valence-corrected chi connectivity index (χ3v) is 2.58. The van der Waals surface area contributed by atoms with E-state index in [9.17, 15) is 9.59 Å². The van der Waals surface area contributed by atoms with Gasteiger partial charge >= 0.3 is 11.9 Å². The molecule has 0 amide bonds. The fraction of sp³-hybridized carbons (Fsp3) is 0.882. The van der Waals surface area contributed by atoms with Crippen LogP contribution in [0, 0.1) is 5.92 Å². The molecule has 124 valence electrons. The van der Waals surface area contributed by atoms with Crippen LogP contribution in [0.2, 0.25) is 0 Å². The van der Waals surface area contributed by atoms with Gasteiger partial charge in [-0.2, -0.15) is 0 Å². The maximum Gasteiger partial charge on any atom is 0.305 e. The van der Waals surface area contributed by atoms with E-state index in [1.807, 2.05) is 6.92 Å². The van der Waals surface area contributed by atoms with E-state index >= 15 is 0 Å². The second-order valence-corrected chi connectivity index (χ2v) is 4.20. The lowest BCUT2D eigenvalue weighted by molar-refractivity contribution is -0.145. The maximum absolute atomic E-state index is 12.4. The van der Waals surface area contributed by atoms with Crippen molar-refractivity contribution in [2.75, 3.05) is 6.61 Å². The van der Waals surface area contributed by atoms with Crippen molar-refractivity contribution in [1.29, 1.82) is 0 Å². The van der Waals surface area contributed by atoms with Gasteiger partial charge in [0.15, 0.2) is 0 Å². The lowest BCUT2D eigenvalue weighted by Crippen LogP contribution is -2.13. The predicted molar refractivity (Wildman–Crippen MR) is 84.2 cm³/mol. The second-order valence-electron chi connectivity index (χ2n) is 4.20. The van der Waals surface area contributed by atoms with Gasteiger partial charge < -0.3 is 9.84 Å². The summed E-state index contributed by atoms with van der Waals surface area (Å²) in [6, 6.07) is 0. The van der Waals surface area contributed by atoms with Gasteiger partial charge in [-0.1, -0.05) is 52.2 Å². The zero-order chi connectivity index (χ0) is 28.5. The minimum atomic E-state index is -4.41. The van der Waals surface area contributed by atoms with Gasteiger partial charge in [0.05, 0.1) is 6.61 Å². The minimum absolute atomic E-state index is 0.205. The maximum atomic E-state index is 12.4. The summed E-state index contributed by atoms with van der Waals surface area (Å²) in [5, 5.41) is 8.96. The standard InChI is InChI=1S/C17H32O4/c1-3-5-11-15(4-2)14-21-17(20)13-10-8-6-7-9-12-16(18)19/h15H,3-14H2,1-2H3,(H,18,19)/i6D2,7D2,8D2,9D2,10D2,12D2,13D2. The molecule has 1 N–H and O–H groups in total. The first-order chi connectivity index (χ1) is 15.4. The summed E-state index contributed by atoms with van der Waals surface area (Å²) in [4.78, 5) is 23.6. The number of carbonyl (C=O) groups excluding carboxylic acids is 1. The van der Waals surface area contributed by atoms with Crippen LogP contribution in [0.4, 0.5) is 0 Å². The largest absolute Gasteiger partial charge is 0.481 e. The van der Waals surface area contributed by atoms with Crippen LogP contribution in [0.3, 0.4) is 0 Å². The van der Waals surface area contributed by atoms with Crippen molar-refractivity contribution < 1.29 is 38.6 Å². The summed E-state index contributed by atoms with van der Waals surface area (Å²) in [5.41, 5.74) is 0. The number of carboxylic acid groups (broad SMARTS) is 1. The van der Waals surface area contributed by atoms with Crippen LogP contribution >= 0.6 is 0 Å². The van der Waals surface area contributed by atoms with Crippen molar-refractivity contribution in [3.63, 3.8) is 0 Å². The van der Waals surface area contributed by atoms with Crippen molar-refractivity contribution in [3.05, 3.63) is 0 Å². The summed E-state index contributed by atoms with van der Waals surface area (Å²) in [6.45, 7) is 3.37. The number of ether oxygens (including phenoxy) is 1. The Bertz CT molecular complexity index is 766. The third kappa shape index (κ3) is 13.7. The molecule has 0 aromatic rings. The summed E-state index contributed by atoms with van der Waals surface area (Å²) in [5.74, 6) is -4.62. The van der Waals surface area contributed by atoms with Crippen molar-refractivity contribution >= 4 is 11.9 Å². The first kappa shape index (κ1) is 6.59. The van der Waals surface area contributed by atoms with Crippen LogP contribution in [-0.2, 0) is 14.3 Å². The Kier molecular flexibility index (Phi) is 4.36. The normalized spacial score (nSPS) is 26.8. The Hall–Kier alpha value is -1.06. The van der Waals surface area contributed by atoms with Crippen LogP contribution < -0.4 is 0 Å². The number of carbonyl (C=O) groups is 2. The SMILES string of the molecule is [2H]C([2H])(C(=O)O)C([2H])([2H])C([2H])([2H])C([2H])([2H])C([2H])([2H])C([2H])([2H])C([2H])([2H])C(=O)OCC(CC)CCCC. The van der Waals surface area contributed by atoms with Crippen molar-refractivity contribution in [3.8, 4) is 0 Å². The molecule has 0 aliphatic rings. The first-order valence-corrected chi connectivity index (χ1v) is 6.76. The van der Waals surface area contributed by atoms with Gasteiger partial charge in [-0.05, 0) is 25.1 Å². The molecule has 0 saturated carbocycles. The van der Waals surface area contributed by atoms with E-state index < -0.39 is 56.5 Å². The molecule has 0 aromatic heterocycles. The molecular weight excluding hydrogens is 268 g/mol. The van der Waals surface area contributed by atoms with Gasteiger partial charge in [0.25, 0.3) is 0 Å². The average Bonchev–Trinajstić information content (AvgIpc) is 2.72. The van der Waals surface area contributed by atoms with Crippen LogP contribution in [0.15, 0.2) is 0 Å². The van der Waals surface area contributed by atoms with Gasteiger partial charge in [-0.25, -0.2) is 0 Å². The zero-order valence-electron chi connectivity index (χ0n) is 26.3. The van der Waals surface area contributed by atoms with Crippen molar-refractivity contribution in [2.45, 2.75) is 84.1 Å². The number of esters is 1. The molecule has 4 nitrogen and oxygen atoms in total. The minimum Gasteiger partial charge on any atom is -0.481 e. The summed E-state index contributed by atoms with van der Waals surface area (Å²) in [7, 11) is 0. The van der Waals surface area contributed by atoms with E-state index in [0.717, 1.165) is 12.8 Å². The highest BCUT2D eigenvalue weighted by Crippen LogP contribution is 2.14. The number of unbranched alkanes of at least 4 members (excludes halogenated alkanes) is 1. The number of hydrogen-bond acceptors (Lipinski definition) is 3. The highest BCUT2D eigenvalue weighted by molar-refractivity contribution is 5.69. The molecule has 4 heteroatoms. The van der Waals surface area contributed by atoms with E-state index in [2.05, 4.69) is 0 Å². The van der Waals surface area contributed by atoms with Crippen LogP contribution in [0.1, 0.15) is 103 Å². The number of rotatable bonds is 14. The predicted octanol–water partition coefficient (Wildman–Crippen LogP) is 4.56. The lowest BCUT2D eigenvalue weighted by Gasteiger charge is -2.14. The molecule has 0 saturated heterocycles. The molecule has 0 rings (SSSR count). The molecular formula is C17H32O4. The van der Waals surface area contributed by atoms with Gasteiger partial charge in [-0.3, -0.25) is 9.59 Å². The van der Waals surface area contributed by atoms with Crippen LogP contribution in [-0.4, -0.2) is 23.7 Å². The highest BCUT2D eigenvalue weighted by atomic mass is 16.5. The summed E-state index contributed by atoms with van der Waals surface area (Å²) >= 11 is 0. The number of carboxylic acids is 1. The van der Waals surface area contributed by atoms with Gasteiger partial charge in [0.2, 0.25) is 0 Å². The van der Waals surface area contributed by atoms with E-state index in [4.69, 9.17) is 29.0 Å². The smallest absolute Gasteiger partial charge is 0.305 e. The van der Waals surface area contributed by atoms with E-state index in [1.54, 1.807) is 6.92 Å². The zero-order valence-corrected chi connectivity index (χ0v) is 12.3. The fourth-order valence-corrected chi connectivity index (χ4v) is 1.39. The van der Waals surface area contributed by atoms with Crippen molar-refractivity contribution in [1.82, 2.24) is 0 Å². The number of aliphatic carboxylic acids is 1. The number of hydrogen-bond donors (Lipinski definition) is 1. The Morgan fingerprint density at radius 3 is 2.29 bits per heavy atom. The second kappa shape index (κ2) is 13.9.